The highest BCUT2D eigenvalue weighted by molar-refractivity contribution is 7.17. The van der Waals surface area contributed by atoms with Gasteiger partial charge < -0.3 is 20.3 Å². The van der Waals surface area contributed by atoms with Crippen LogP contribution in [0.2, 0.25) is 0 Å². The molecule has 1 unspecified atom stereocenters. The molecule has 2 saturated heterocycles. The Bertz CT molecular complexity index is 1010. The second kappa shape index (κ2) is 13.6. The van der Waals surface area contributed by atoms with Crippen molar-refractivity contribution in [2.45, 2.75) is 71.4 Å². The van der Waals surface area contributed by atoms with Crippen molar-refractivity contribution in [1.29, 1.82) is 0 Å². The third-order valence-corrected chi connectivity index (χ3v) is 7.45. The number of likely N-dealkylation sites (tertiary alicyclic amines) is 1. The summed E-state index contributed by atoms with van der Waals surface area (Å²) in [6.07, 6.45) is 4.47. The molecule has 2 fully saturated rings. The van der Waals surface area contributed by atoms with Crippen LogP contribution in [0.5, 0.6) is 0 Å². The number of thiazole rings is 1. The Hall–Kier alpha value is -2.66. The molecule has 2 aromatic rings. The number of aryl methyl sites for hydroxylation is 1. The molecule has 2 aliphatic rings. The molecule has 36 heavy (non-hydrogen) atoms. The fourth-order valence-electron chi connectivity index (χ4n) is 4.14. The predicted molar refractivity (Wildman–Crippen MR) is 137 cm³/mol. The Balaban J connectivity index is 0.000000383. The van der Waals surface area contributed by atoms with E-state index in [0.29, 0.717) is 47.8 Å². The van der Waals surface area contributed by atoms with Crippen LogP contribution >= 0.6 is 11.3 Å². The smallest absolute Gasteiger partial charge is 0.280 e. The number of carbonyl (C=O) groups is 2. The lowest BCUT2D eigenvalue weighted by Gasteiger charge is -2.22. The summed E-state index contributed by atoms with van der Waals surface area (Å²) in [6.45, 7) is 8.65. The zero-order chi connectivity index (χ0) is 26.1. The minimum Gasteiger partial charge on any atom is -0.381 e. The first kappa shape index (κ1) is 27.9. The van der Waals surface area contributed by atoms with Gasteiger partial charge in [-0.15, -0.1) is 11.3 Å². The molecule has 4 rings (SSSR count). The van der Waals surface area contributed by atoms with E-state index in [2.05, 4.69) is 27.5 Å². The van der Waals surface area contributed by atoms with Gasteiger partial charge in [-0.1, -0.05) is 6.92 Å². The number of nitrogens with zero attached hydrogens (tertiary/aromatic N) is 3. The summed E-state index contributed by atoms with van der Waals surface area (Å²) in [5.74, 6) is 0.139. The number of nitrogens with one attached hydrogen (secondary N) is 2. The number of amides is 2. The molecule has 4 heterocycles. The highest BCUT2D eigenvalue weighted by atomic mass is 32.1. The number of aromatic nitrogens is 2. The highest BCUT2D eigenvalue weighted by Crippen LogP contribution is 2.37. The second-order valence-corrected chi connectivity index (χ2v) is 10.0. The molecule has 2 aromatic heterocycles. The van der Waals surface area contributed by atoms with Crippen LogP contribution in [0.15, 0.2) is 12.3 Å². The van der Waals surface area contributed by atoms with Gasteiger partial charge >= 0.3 is 0 Å². The average molecular weight is 524 g/mol. The molecule has 11 heteroatoms. The maximum Gasteiger partial charge on any atom is 0.280 e. The number of halogens is 2. The maximum atomic E-state index is 13.7. The Labute approximate surface area is 214 Å². The molecular formula is C25H35F2N5O3S. The van der Waals surface area contributed by atoms with Gasteiger partial charge in [-0.2, -0.15) is 0 Å². The van der Waals surface area contributed by atoms with Crippen LogP contribution in [0.1, 0.15) is 73.4 Å². The molecule has 1 atom stereocenters. The summed E-state index contributed by atoms with van der Waals surface area (Å²) in [5.41, 5.74) is 0.744. The number of hydrogen-bond donors (Lipinski definition) is 2. The first-order valence-electron chi connectivity index (χ1n) is 12.4. The van der Waals surface area contributed by atoms with Crippen molar-refractivity contribution in [3.8, 4) is 10.4 Å². The quantitative estimate of drug-likeness (QED) is 0.482. The number of alkyl halides is 2. The molecule has 0 saturated carbocycles. The largest absolute Gasteiger partial charge is 0.381 e. The molecule has 198 valence electrons. The predicted octanol–water partition coefficient (Wildman–Crippen LogP) is 4.81. The molecule has 2 amide bonds. The Kier molecular flexibility index (Phi) is 10.5. The number of rotatable bonds is 8. The van der Waals surface area contributed by atoms with E-state index in [1.807, 2.05) is 11.8 Å². The van der Waals surface area contributed by atoms with Crippen molar-refractivity contribution in [1.82, 2.24) is 20.2 Å². The lowest BCUT2D eigenvalue weighted by atomic mass is 10.1. The van der Waals surface area contributed by atoms with Gasteiger partial charge in [0.1, 0.15) is 5.82 Å². The minimum absolute atomic E-state index is 0.0520. The minimum atomic E-state index is -2.65. The number of hydrogen-bond acceptors (Lipinski definition) is 7. The summed E-state index contributed by atoms with van der Waals surface area (Å²) in [6, 6.07) is 1.92. The lowest BCUT2D eigenvalue weighted by molar-refractivity contribution is -0.118. The van der Waals surface area contributed by atoms with Gasteiger partial charge in [-0.3, -0.25) is 9.59 Å². The topological polar surface area (TPSA) is 96.5 Å². The van der Waals surface area contributed by atoms with E-state index in [-0.39, 0.29) is 22.5 Å². The molecular weight excluding hydrogens is 488 g/mol. The number of carbonyl (C=O) groups excluding carboxylic acids is 2. The van der Waals surface area contributed by atoms with Crippen LogP contribution < -0.4 is 10.6 Å². The van der Waals surface area contributed by atoms with E-state index in [1.165, 1.54) is 25.1 Å². The van der Waals surface area contributed by atoms with E-state index in [1.54, 1.807) is 6.92 Å². The SMILES string of the molecule is CC1CCCN1C=O.CCCNc1cc(C(F)F)c(-c2sc(C(=O)NC3CCOCC3)nc2C)cn1. The van der Waals surface area contributed by atoms with Crippen molar-refractivity contribution < 1.29 is 23.1 Å². The second-order valence-electron chi connectivity index (χ2n) is 9.01. The van der Waals surface area contributed by atoms with Gasteiger partial charge in [0.25, 0.3) is 12.3 Å². The molecule has 0 aliphatic carbocycles. The van der Waals surface area contributed by atoms with Gasteiger partial charge in [0.05, 0.1) is 10.6 Å². The van der Waals surface area contributed by atoms with E-state index < -0.39 is 6.43 Å². The van der Waals surface area contributed by atoms with Gasteiger partial charge in [-0.05, 0) is 52.0 Å². The fourth-order valence-corrected chi connectivity index (χ4v) is 5.14. The van der Waals surface area contributed by atoms with Gasteiger partial charge in [-0.25, -0.2) is 18.7 Å². The first-order valence-corrected chi connectivity index (χ1v) is 13.2. The van der Waals surface area contributed by atoms with Crippen molar-refractivity contribution in [2.75, 3.05) is 31.6 Å². The molecule has 2 aliphatic heterocycles. The Morgan fingerprint density at radius 1 is 1.33 bits per heavy atom. The molecule has 0 bridgehead atoms. The van der Waals surface area contributed by atoms with Crippen LogP contribution in [0.3, 0.4) is 0 Å². The van der Waals surface area contributed by atoms with Gasteiger partial charge in [0.15, 0.2) is 5.01 Å². The Morgan fingerprint density at radius 3 is 2.67 bits per heavy atom. The monoisotopic (exact) mass is 523 g/mol. The zero-order valence-electron chi connectivity index (χ0n) is 21.1. The summed E-state index contributed by atoms with van der Waals surface area (Å²) >= 11 is 1.12. The van der Waals surface area contributed by atoms with Crippen LogP contribution in [0, 0.1) is 6.92 Å². The Morgan fingerprint density at radius 2 is 2.08 bits per heavy atom. The van der Waals surface area contributed by atoms with Crippen LogP contribution in [0.25, 0.3) is 10.4 Å². The van der Waals surface area contributed by atoms with E-state index in [0.717, 1.165) is 43.6 Å². The number of ether oxygens (including phenoxy) is 1. The standard InChI is InChI=1S/C19H24F2N4O2S.C6H11NO/c1-3-6-22-15-9-13(17(20)21)14(10-23-15)16-11(2)24-19(28-16)18(26)25-12-4-7-27-8-5-12;1-6-3-2-4-7(6)5-8/h9-10,12,17H,3-8H2,1-2H3,(H,22,23)(H,25,26);5-6H,2-4H2,1H3. The van der Waals surface area contributed by atoms with Crippen molar-refractivity contribution >= 4 is 29.5 Å². The van der Waals surface area contributed by atoms with E-state index >= 15 is 0 Å². The van der Waals surface area contributed by atoms with Gasteiger partial charge in [0, 0.05) is 55.7 Å². The van der Waals surface area contributed by atoms with E-state index in [9.17, 15) is 18.4 Å². The summed E-state index contributed by atoms with van der Waals surface area (Å²) in [7, 11) is 0. The van der Waals surface area contributed by atoms with Gasteiger partial charge in [0.2, 0.25) is 6.41 Å². The average Bonchev–Trinajstić information content (AvgIpc) is 3.48. The molecule has 0 radical (unpaired) electrons. The molecule has 0 aromatic carbocycles. The third kappa shape index (κ3) is 7.42. The molecule has 0 spiro atoms. The normalized spacial score (nSPS) is 18.1. The summed E-state index contributed by atoms with van der Waals surface area (Å²) in [4.78, 5) is 33.6. The van der Waals surface area contributed by atoms with Crippen molar-refractivity contribution in [3.05, 3.63) is 28.5 Å². The maximum absolute atomic E-state index is 13.7. The molecule has 8 nitrogen and oxygen atoms in total. The fraction of sp³-hybridized carbons (Fsp3) is 0.600. The molecule has 2 N–H and O–H groups in total. The van der Waals surface area contributed by atoms with Crippen molar-refractivity contribution in [2.24, 2.45) is 0 Å². The zero-order valence-corrected chi connectivity index (χ0v) is 21.9. The number of anilines is 1. The third-order valence-electron chi connectivity index (χ3n) is 6.26. The van der Waals surface area contributed by atoms with Crippen LogP contribution in [-0.2, 0) is 9.53 Å². The highest BCUT2D eigenvalue weighted by Gasteiger charge is 2.24. The van der Waals surface area contributed by atoms with Crippen molar-refractivity contribution in [3.63, 3.8) is 0 Å². The number of pyridine rings is 1. The van der Waals surface area contributed by atoms with Crippen LogP contribution in [-0.4, -0.2) is 65.6 Å². The van der Waals surface area contributed by atoms with E-state index in [4.69, 9.17) is 4.74 Å². The summed E-state index contributed by atoms with van der Waals surface area (Å²) in [5, 5.41) is 6.24. The summed E-state index contributed by atoms with van der Waals surface area (Å²) < 4.78 is 32.6. The van der Waals surface area contributed by atoms with Crippen LogP contribution in [0.4, 0.5) is 14.6 Å². The first-order chi connectivity index (χ1) is 17.3. The lowest BCUT2D eigenvalue weighted by Crippen LogP contribution is -2.38.